The molecule has 0 aliphatic carbocycles. The molecule has 2 heterocycles. The highest BCUT2D eigenvalue weighted by molar-refractivity contribution is 7.92. The van der Waals surface area contributed by atoms with Gasteiger partial charge in [0.05, 0.1) is 16.6 Å². The van der Waals surface area contributed by atoms with E-state index < -0.39 is 10.0 Å². The third kappa shape index (κ3) is 3.69. The van der Waals surface area contributed by atoms with E-state index in [4.69, 9.17) is 4.98 Å². The Balaban J connectivity index is 1.70. The number of benzene rings is 3. The van der Waals surface area contributed by atoms with Crippen molar-refractivity contribution in [1.29, 1.82) is 0 Å². The molecule has 5 heteroatoms. The third-order valence-corrected chi connectivity index (χ3v) is 7.78. The predicted molar refractivity (Wildman–Crippen MR) is 128 cm³/mol. The van der Waals surface area contributed by atoms with E-state index >= 15 is 0 Å². The van der Waals surface area contributed by atoms with E-state index in [0.29, 0.717) is 12.2 Å². The minimum Gasteiger partial charge on any atom is -0.242 e. The lowest BCUT2D eigenvalue weighted by Crippen LogP contribution is -2.39. The van der Waals surface area contributed by atoms with Crippen molar-refractivity contribution in [3.8, 4) is 11.3 Å². The van der Waals surface area contributed by atoms with E-state index in [1.165, 1.54) is 4.31 Å². The SMILES string of the molecule is Cc1ccc(S(=O)(=O)N2c3nc(-c4ccccc4)ccc3CC[C@H]2c2ccccc2)cc1. The Morgan fingerprint density at radius 1 is 0.812 bits per heavy atom. The fraction of sp³-hybridized carbons (Fsp3) is 0.148. The van der Waals surface area contributed by atoms with Crippen molar-refractivity contribution in [2.24, 2.45) is 0 Å². The molecule has 160 valence electrons. The second-order valence-corrected chi connectivity index (χ2v) is 9.94. The quantitative estimate of drug-likeness (QED) is 0.395. The number of fused-ring (bicyclic) bond motifs is 1. The second kappa shape index (κ2) is 8.24. The number of anilines is 1. The predicted octanol–water partition coefficient (Wildman–Crippen LogP) is 5.94. The molecule has 0 radical (unpaired) electrons. The van der Waals surface area contributed by atoms with Gasteiger partial charge in [-0.05, 0) is 49.1 Å². The number of hydrogen-bond acceptors (Lipinski definition) is 3. The zero-order valence-electron chi connectivity index (χ0n) is 17.8. The number of aryl methyl sites for hydroxylation is 2. The summed E-state index contributed by atoms with van der Waals surface area (Å²) < 4.78 is 29.5. The van der Waals surface area contributed by atoms with E-state index in [0.717, 1.165) is 34.4 Å². The van der Waals surface area contributed by atoms with Crippen LogP contribution in [0.1, 0.15) is 29.2 Å². The first-order valence-electron chi connectivity index (χ1n) is 10.8. The molecule has 1 aromatic heterocycles. The van der Waals surface area contributed by atoms with Gasteiger partial charge in [0.2, 0.25) is 0 Å². The molecule has 1 aliphatic heterocycles. The minimum absolute atomic E-state index is 0.281. The summed E-state index contributed by atoms with van der Waals surface area (Å²) in [6, 6.07) is 30.4. The third-order valence-electron chi connectivity index (χ3n) is 5.97. The van der Waals surface area contributed by atoms with Gasteiger partial charge < -0.3 is 0 Å². The molecule has 0 fully saturated rings. The van der Waals surface area contributed by atoms with Crippen LogP contribution in [0.5, 0.6) is 0 Å². The van der Waals surface area contributed by atoms with Gasteiger partial charge in [-0.25, -0.2) is 17.7 Å². The Morgan fingerprint density at radius 3 is 2.16 bits per heavy atom. The topological polar surface area (TPSA) is 50.3 Å². The van der Waals surface area contributed by atoms with Crippen molar-refractivity contribution in [2.75, 3.05) is 4.31 Å². The highest BCUT2D eigenvalue weighted by Crippen LogP contribution is 2.42. The smallest absolute Gasteiger partial charge is 0.242 e. The summed E-state index contributed by atoms with van der Waals surface area (Å²) in [6.45, 7) is 1.95. The molecule has 0 N–H and O–H groups in total. The molecule has 0 spiro atoms. The first-order valence-corrected chi connectivity index (χ1v) is 12.2. The number of pyridine rings is 1. The van der Waals surface area contributed by atoms with Crippen LogP contribution in [-0.2, 0) is 16.4 Å². The number of rotatable bonds is 4. The van der Waals surface area contributed by atoms with Crippen molar-refractivity contribution in [2.45, 2.75) is 30.7 Å². The molecule has 1 atom stereocenters. The van der Waals surface area contributed by atoms with E-state index in [9.17, 15) is 8.42 Å². The summed E-state index contributed by atoms with van der Waals surface area (Å²) in [5.41, 5.74) is 4.67. The van der Waals surface area contributed by atoms with E-state index in [1.807, 2.05) is 91.9 Å². The molecule has 0 bridgehead atoms. The van der Waals surface area contributed by atoms with Gasteiger partial charge in [0, 0.05) is 5.56 Å². The molecular formula is C27H24N2O2S. The summed E-state index contributed by atoms with van der Waals surface area (Å²) in [7, 11) is -3.82. The number of sulfonamides is 1. The molecule has 0 unspecified atom stereocenters. The van der Waals surface area contributed by atoms with Crippen molar-refractivity contribution in [3.05, 3.63) is 114 Å². The van der Waals surface area contributed by atoms with Crippen LogP contribution in [0.4, 0.5) is 5.82 Å². The van der Waals surface area contributed by atoms with Gasteiger partial charge in [0.25, 0.3) is 10.0 Å². The molecule has 4 aromatic rings. The summed E-state index contributed by atoms with van der Waals surface area (Å²) in [6.07, 6.45) is 1.48. The van der Waals surface area contributed by atoms with Crippen LogP contribution in [0.25, 0.3) is 11.3 Å². The average Bonchev–Trinajstić information content (AvgIpc) is 2.84. The van der Waals surface area contributed by atoms with Crippen molar-refractivity contribution >= 4 is 15.8 Å². The highest BCUT2D eigenvalue weighted by Gasteiger charge is 2.38. The fourth-order valence-corrected chi connectivity index (χ4v) is 5.93. The molecule has 32 heavy (non-hydrogen) atoms. The largest absolute Gasteiger partial charge is 0.266 e. The molecule has 1 aliphatic rings. The van der Waals surface area contributed by atoms with Gasteiger partial charge in [-0.2, -0.15) is 0 Å². The van der Waals surface area contributed by atoms with Crippen LogP contribution >= 0.6 is 0 Å². The summed E-state index contributed by atoms with van der Waals surface area (Å²) in [5, 5.41) is 0. The normalized spacial score (nSPS) is 15.9. The zero-order valence-corrected chi connectivity index (χ0v) is 18.7. The Hall–Kier alpha value is -3.44. The van der Waals surface area contributed by atoms with Gasteiger partial charge in [0.15, 0.2) is 0 Å². The minimum atomic E-state index is -3.82. The van der Waals surface area contributed by atoms with Crippen LogP contribution in [-0.4, -0.2) is 13.4 Å². The van der Waals surface area contributed by atoms with Crippen LogP contribution < -0.4 is 4.31 Å². The van der Waals surface area contributed by atoms with Crippen LogP contribution in [0.15, 0.2) is 102 Å². The van der Waals surface area contributed by atoms with E-state index in [-0.39, 0.29) is 10.9 Å². The standard InChI is InChI=1S/C27H24N2O2S/c1-20-12-16-24(17-13-20)32(30,31)29-26(22-10-6-3-7-11-22)19-15-23-14-18-25(28-27(23)29)21-8-4-2-5-9-21/h2-14,16-18,26H,15,19H2,1H3/t26-/m0/s1. The number of hydrogen-bond donors (Lipinski definition) is 0. The molecule has 5 rings (SSSR count). The van der Waals surface area contributed by atoms with Gasteiger partial charge in [-0.15, -0.1) is 0 Å². The van der Waals surface area contributed by atoms with Gasteiger partial charge in [-0.3, -0.25) is 0 Å². The number of aromatic nitrogens is 1. The van der Waals surface area contributed by atoms with Gasteiger partial charge >= 0.3 is 0 Å². The molecule has 0 amide bonds. The maximum absolute atomic E-state index is 14.0. The van der Waals surface area contributed by atoms with Crippen LogP contribution in [0.2, 0.25) is 0 Å². The monoisotopic (exact) mass is 440 g/mol. The second-order valence-electron chi connectivity index (χ2n) is 8.12. The highest BCUT2D eigenvalue weighted by atomic mass is 32.2. The van der Waals surface area contributed by atoms with Gasteiger partial charge in [0.1, 0.15) is 5.82 Å². The first-order chi connectivity index (χ1) is 15.5. The lowest BCUT2D eigenvalue weighted by atomic mass is 9.95. The maximum Gasteiger partial charge on any atom is 0.266 e. The molecule has 3 aromatic carbocycles. The molecule has 0 saturated carbocycles. The lowest BCUT2D eigenvalue weighted by Gasteiger charge is -2.37. The Bertz CT molecular complexity index is 1340. The van der Waals surface area contributed by atoms with Crippen molar-refractivity contribution in [1.82, 2.24) is 4.98 Å². The Kier molecular flexibility index (Phi) is 5.27. The van der Waals surface area contributed by atoms with Gasteiger partial charge in [-0.1, -0.05) is 84.4 Å². The Labute approximate surface area is 189 Å². The van der Waals surface area contributed by atoms with Crippen LogP contribution in [0.3, 0.4) is 0 Å². The molecular weight excluding hydrogens is 416 g/mol. The number of nitrogens with zero attached hydrogens (tertiary/aromatic N) is 2. The summed E-state index contributed by atoms with van der Waals surface area (Å²) in [5.74, 6) is 0.520. The lowest BCUT2D eigenvalue weighted by molar-refractivity contribution is 0.554. The molecule has 0 saturated heterocycles. The van der Waals surface area contributed by atoms with E-state index in [2.05, 4.69) is 0 Å². The van der Waals surface area contributed by atoms with Crippen molar-refractivity contribution < 1.29 is 8.42 Å². The maximum atomic E-state index is 14.0. The van der Waals surface area contributed by atoms with Crippen LogP contribution in [0, 0.1) is 6.92 Å². The van der Waals surface area contributed by atoms with E-state index in [1.54, 1.807) is 12.1 Å². The zero-order chi connectivity index (χ0) is 22.1. The molecule has 4 nitrogen and oxygen atoms in total. The Morgan fingerprint density at radius 2 is 1.47 bits per heavy atom. The summed E-state index contributed by atoms with van der Waals surface area (Å²) in [4.78, 5) is 5.18. The average molecular weight is 441 g/mol. The van der Waals surface area contributed by atoms with Crippen molar-refractivity contribution in [3.63, 3.8) is 0 Å². The summed E-state index contributed by atoms with van der Waals surface area (Å²) >= 11 is 0. The first kappa shape index (κ1) is 20.5. The fourth-order valence-electron chi connectivity index (χ4n) is 4.27.